The molecule has 1 aromatic carbocycles. The van der Waals surface area contributed by atoms with Gasteiger partial charge in [-0.15, -0.1) is 0 Å². The lowest BCUT2D eigenvalue weighted by Gasteiger charge is -2.16. The first-order valence-corrected chi connectivity index (χ1v) is 8.32. The van der Waals surface area contributed by atoms with Gasteiger partial charge < -0.3 is 10.1 Å². The summed E-state index contributed by atoms with van der Waals surface area (Å²) in [5.41, 5.74) is 0.0583. The lowest BCUT2D eigenvalue weighted by Crippen LogP contribution is -2.37. The van der Waals surface area contributed by atoms with Crippen molar-refractivity contribution >= 4 is 39.1 Å². The SMILES string of the molecule is CCC(COC)NC(=O)c1cc(Cl)c(Cl)c(S(N)(=O)=O)c1. The molecule has 9 heteroatoms. The number of carbonyl (C=O) groups excluding carboxylic acids is 1. The van der Waals surface area contributed by atoms with Gasteiger partial charge >= 0.3 is 0 Å². The maximum absolute atomic E-state index is 12.1. The van der Waals surface area contributed by atoms with Crippen molar-refractivity contribution in [2.75, 3.05) is 13.7 Å². The van der Waals surface area contributed by atoms with E-state index in [-0.39, 0.29) is 26.5 Å². The van der Waals surface area contributed by atoms with Crippen molar-refractivity contribution in [1.82, 2.24) is 5.32 Å². The summed E-state index contributed by atoms with van der Waals surface area (Å²) in [6.45, 7) is 2.22. The summed E-state index contributed by atoms with van der Waals surface area (Å²) in [6, 6.07) is 2.18. The highest BCUT2D eigenvalue weighted by atomic mass is 35.5. The predicted octanol–water partition coefficient (Wildman–Crippen LogP) is 1.80. The smallest absolute Gasteiger partial charge is 0.251 e. The molecular weight excluding hydrogens is 339 g/mol. The van der Waals surface area contributed by atoms with Crippen LogP contribution in [0.15, 0.2) is 17.0 Å². The van der Waals surface area contributed by atoms with Gasteiger partial charge in [0, 0.05) is 12.7 Å². The van der Waals surface area contributed by atoms with Crippen LogP contribution in [0.2, 0.25) is 10.0 Å². The molecule has 1 amide bonds. The summed E-state index contributed by atoms with van der Waals surface area (Å²) in [5, 5.41) is 7.49. The van der Waals surface area contributed by atoms with Gasteiger partial charge in [0.1, 0.15) is 4.90 Å². The van der Waals surface area contributed by atoms with Crippen LogP contribution in [0.5, 0.6) is 0 Å². The largest absolute Gasteiger partial charge is 0.383 e. The van der Waals surface area contributed by atoms with Crippen molar-refractivity contribution in [1.29, 1.82) is 0 Å². The Morgan fingerprint density at radius 3 is 2.52 bits per heavy atom. The van der Waals surface area contributed by atoms with E-state index >= 15 is 0 Å². The van der Waals surface area contributed by atoms with Crippen LogP contribution in [-0.4, -0.2) is 34.1 Å². The second-order valence-electron chi connectivity index (χ2n) is 4.35. The monoisotopic (exact) mass is 354 g/mol. The number of carbonyl (C=O) groups is 1. The Hall–Kier alpha value is -0.860. The highest BCUT2D eigenvalue weighted by Crippen LogP contribution is 2.30. The van der Waals surface area contributed by atoms with Gasteiger partial charge in [0.25, 0.3) is 5.91 Å². The molecule has 3 N–H and O–H groups in total. The lowest BCUT2D eigenvalue weighted by atomic mass is 10.1. The molecule has 0 radical (unpaired) electrons. The van der Waals surface area contributed by atoms with E-state index in [1.165, 1.54) is 13.2 Å². The number of sulfonamides is 1. The van der Waals surface area contributed by atoms with Crippen LogP contribution in [0, 0.1) is 0 Å². The van der Waals surface area contributed by atoms with Gasteiger partial charge in [-0.05, 0) is 18.6 Å². The second kappa shape index (κ2) is 7.42. The molecule has 21 heavy (non-hydrogen) atoms. The number of nitrogens with one attached hydrogen (secondary N) is 1. The van der Waals surface area contributed by atoms with Crippen molar-refractivity contribution in [3.8, 4) is 0 Å². The Balaban J connectivity index is 3.14. The molecule has 118 valence electrons. The first kappa shape index (κ1) is 18.2. The quantitative estimate of drug-likeness (QED) is 0.813. The fraction of sp³-hybridized carbons (Fsp3) is 0.417. The lowest BCUT2D eigenvalue weighted by molar-refractivity contribution is 0.0894. The molecule has 6 nitrogen and oxygen atoms in total. The maximum atomic E-state index is 12.1. The van der Waals surface area contributed by atoms with Crippen molar-refractivity contribution in [3.63, 3.8) is 0 Å². The fourth-order valence-corrected chi connectivity index (χ4v) is 2.99. The number of rotatable bonds is 6. The fourth-order valence-electron chi connectivity index (χ4n) is 1.63. The van der Waals surface area contributed by atoms with Crippen LogP contribution >= 0.6 is 23.2 Å². The Morgan fingerprint density at radius 1 is 1.43 bits per heavy atom. The number of hydrogen-bond acceptors (Lipinski definition) is 4. The average molecular weight is 355 g/mol. The predicted molar refractivity (Wildman–Crippen MR) is 81.3 cm³/mol. The zero-order valence-corrected chi connectivity index (χ0v) is 13.8. The van der Waals surface area contributed by atoms with E-state index in [0.29, 0.717) is 13.0 Å². The highest BCUT2D eigenvalue weighted by Gasteiger charge is 2.20. The van der Waals surface area contributed by atoms with Crippen LogP contribution in [0.4, 0.5) is 0 Å². The van der Waals surface area contributed by atoms with Crippen molar-refractivity contribution < 1.29 is 17.9 Å². The first-order valence-electron chi connectivity index (χ1n) is 6.02. The van der Waals surface area contributed by atoms with Crippen molar-refractivity contribution in [3.05, 3.63) is 27.7 Å². The molecular formula is C12H16Cl2N2O4S. The van der Waals surface area contributed by atoms with Crippen LogP contribution in [0.3, 0.4) is 0 Å². The highest BCUT2D eigenvalue weighted by molar-refractivity contribution is 7.89. The molecule has 1 atom stereocenters. The summed E-state index contributed by atoms with van der Waals surface area (Å²) in [4.78, 5) is 11.7. The third kappa shape index (κ3) is 4.82. The van der Waals surface area contributed by atoms with Gasteiger partial charge in [0.15, 0.2) is 0 Å². The van der Waals surface area contributed by atoms with Crippen molar-refractivity contribution in [2.45, 2.75) is 24.3 Å². The Bertz CT molecular complexity index is 634. The van der Waals surface area contributed by atoms with Crippen LogP contribution in [-0.2, 0) is 14.8 Å². The van der Waals surface area contributed by atoms with Crippen LogP contribution in [0.25, 0.3) is 0 Å². The molecule has 0 aliphatic heterocycles. The van der Waals surface area contributed by atoms with Gasteiger partial charge in [0.2, 0.25) is 10.0 Å². The number of nitrogens with two attached hydrogens (primary N) is 1. The summed E-state index contributed by atoms with van der Waals surface area (Å²) < 4.78 is 27.9. The van der Waals surface area contributed by atoms with Gasteiger partial charge in [-0.1, -0.05) is 30.1 Å². The molecule has 0 fully saturated rings. The van der Waals surface area contributed by atoms with Gasteiger partial charge in [-0.2, -0.15) is 0 Å². The van der Waals surface area contributed by atoms with Crippen LogP contribution in [0.1, 0.15) is 23.7 Å². The Morgan fingerprint density at radius 2 is 2.05 bits per heavy atom. The third-order valence-electron chi connectivity index (χ3n) is 2.76. The van der Waals surface area contributed by atoms with E-state index in [4.69, 9.17) is 33.1 Å². The molecule has 0 spiro atoms. The van der Waals surface area contributed by atoms with Crippen molar-refractivity contribution in [2.24, 2.45) is 5.14 Å². The zero-order chi connectivity index (χ0) is 16.2. The molecule has 0 saturated heterocycles. The van der Waals surface area contributed by atoms with Crippen LogP contribution < -0.4 is 10.5 Å². The maximum Gasteiger partial charge on any atom is 0.251 e. The van der Waals surface area contributed by atoms with E-state index in [0.717, 1.165) is 6.07 Å². The normalized spacial score (nSPS) is 13.0. The molecule has 0 aliphatic rings. The standard InChI is InChI=1S/C12H16Cl2N2O4S/c1-3-8(6-20-2)16-12(17)7-4-9(13)11(14)10(5-7)21(15,18)19/h4-5,8H,3,6H2,1-2H3,(H,16,17)(H2,15,18,19). The minimum Gasteiger partial charge on any atom is -0.383 e. The summed E-state index contributed by atoms with van der Waals surface area (Å²) in [5.74, 6) is -0.484. The van der Waals surface area contributed by atoms with E-state index in [2.05, 4.69) is 5.32 Å². The molecule has 0 aromatic heterocycles. The van der Waals surface area contributed by atoms with Gasteiger partial charge in [0.05, 0.1) is 22.7 Å². The molecule has 1 unspecified atom stereocenters. The number of ether oxygens (including phenoxy) is 1. The number of primary sulfonamides is 1. The van der Waals surface area contributed by atoms with Gasteiger partial charge in [-0.25, -0.2) is 13.6 Å². The minimum atomic E-state index is -4.08. The van der Waals surface area contributed by atoms with E-state index in [9.17, 15) is 13.2 Å². The number of methoxy groups -OCH3 is 1. The zero-order valence-electron chi connectivity index (χ0n) is 11.5. The second-order valence-corrected chi connectivity index (χ2v) is 6.66. The molecule has 0 saturated carbocycles. The Labute approximate surface area is 133 Å². The van der Waals surface area contributed by atoms with E-state index in [1.54, 1.807) is 0 Å². The summed E-state index contributed by atoms with van der Waals surface area (Å²) in [7, 11) is -2.56. The number of hydrogen-bond donors (Lipinski definition) is 2. The molecule has 0 aliphatic carbocycles. The summed E-state index contributed by atoms with van der Waals surface area (Å²) >= 11 is 11.6. The van der Waals surface area contributed by atoms with E-state index < -0.39 is 15.9 Å². The third-order valence-corrected chi connectivity index (χ3v) is 4.61. The summed E-state index contributed by atoms with van der Waals surface area (Å²) in [6.07, 6.45) is 0.656. The molecule has 0 heterocycles. The molecule has 0 bridgehead atoms. The number of halogens is 2. The molecule has 1 rings (SSSR count). The number of benzene rings is 1. The average Bonchev–Trinajstić information content (AvgIpc) is 2.39. The first-order chi connectivity index (χ1) is 9.70. The topological polar surface area (TPSA) is 98.5 Å². The van der Waals surface area contributed by atoms with Gasteiger partial charge in [-0.3, -0.25) is 4.79 Å². The number of amides is 1. The Kier molecular flexibility index (Phi) is 6.42. The molecule has 1 aromatic rings. The van der Waals surface area contributed by atoms with E-state index in [1.807, 2.05) is 6.92 Å². The minimum absolute atomic E-state index is 0.0583.